The Morgan fingerprint density at radius 3 is 2.79 bits per heavy atom. The number of anilines is 1. The standard InChI is InChI=1S/C19H20N4S/c1-2-10-23(13-15-6-4-3-5-7-15)19(24)22-17-8-9-18-16(11-17)12-20-14-21-18/h3-9,11-12,14H,2,10,13H2,1H3,(H,22,24). The normalized spacial score (nSPS) is 10.5. The summed E-state index contributed by atoms with van der Waals surface area (Å²) in [5.74, 6) is 0. The predicted molar refractivity (Wildman–Crippen MR) is 103 cm³/mol. The van der Waals surface area contributed by atoms with Crippen molar-refractivity contribution in [2.45, 2.75) is 19.9 Å². The lowest BCUT2D eigenvalue weighted by Gasteiger charge is -2.25. The second kappa shape index (κ2) is 7.84. The van der Waals surface area contributed by atoms with Crippen molar-refractivity contribution in [3.05, 3.63) is 66.6 Å². The molecule has 1 aromatic heterocycles. The quantitative estimate of drug-likeness (QED) is 0.706. The molecule has 0 aliphatic heterocycles. The van der Waals surface area contributed by atoms with E-state index in [1.807, 2.05) is 30.5 Å². The van der Waals surface area contributed by atoms with Gasteiger partial charge in [-0.05, 0) is 42.4 Å². The fourth-order valence-electron chi connectivity index (χ4n) is 2.59. The summed E-state index contributed by atoms with van der Waals surface area (Å²) in [4.78, 5) is 10.5. The summed E-state index contributed by atoms with van der Waals surface area (Å²) in [7, 11) is 0. The van der Waals surface area contributed by atoms with Crippen LogP contribution in [-0.4, -0.2) is 26.5 Å². The highest BCUT2D eigenvalue weighted by Gasteiger charge is 2.10. The zero-order valence-corrected chi connectivity index (χ0v) is 14.5. The fourth-order valence-corrected chi connectivity index (χ4v) is 2.86. The average molecular weight is 336 g/mol. The summed E-state index contributed by atoms with van der Waals surface area (Å²) < 4.78 is 0. The van der Waals surface area contributed by atoms with Gasteiger partial charge >= 0.3 is 0 Å². The Hall–Kier alpha value is -2.53. The molecule has 0 aliphatic carbocycles. The summed E-state index contributed by atoms with van der Waals surface area (Å²) in [6.07, 6.45) is 4.41. The Balaban J connectivity index is 1.74. The Kier molecular flexibility index (Phi) is 5.33. The van der Waals surface area contributed by atoms with Gasteiger partial charge in [0.05, 0.1) is 5.52 Å². The van der Waals surface area contributed by atoms with Gasteiger partial charge in [0.2, 0.25) is 0 Å². The van der Waals surface area contributed by atoms with E-state index in [-0.39, 0.29) is 0 Å². The van der Waals surface area contributed by atoms with Gasteiger partial charge in [0.15, 0.2) is 5.11 Å². The van der Waals surface area contributed by atoms with Crippen LogP contribution < -0.4 is 5.32 Å². The van der Waals surface area contributed by atoms with Crippen LogP contribution in [0.5, 0.6) is 0 Å². The molecule has 0 fully saturated rings. The van der Waals surface area contributed by atoms with Crippen LogP contribution in [0, 0.1) is 0 Å². The minimum atomic E-state index is 0.733. The molecule has 122 valence electrons. The lowest BCUT2D eigenvalue weighted by Crippen LogP contribution is -2.34. The van der Waals surface area contributed by atoms with Crippen molar-refractivity contribution in [2.75, 3.05) is 11.9 Å². The maximum atomic E-state index is 5.63. The van der Waals surface area contributed by atoms with Crippen molar-refractivity contribution in [3.63, 3.8) is 0 Å². The molecular formula is C19H20N4S. The van der Waals surface area contributed by atoms with Crippen LogP contribution >= 0.6 is 12.2 Å². The first-order valence-electron chi connectivity index (χ1n) is 8.06. The van der Waals surface area contributed by atoms with E-state index in [1.165, 1.54) is 5.56 Å². The number of thiocarbonyl (C=S) groups is 1. The van der Waals surface area contributed by atoms with Crippen LogP contribution in [0.25, 0.3) is 10.9 Å². The number of hydrogen-bond donors (Lipinski definition) is 1. The minimum absolute atomic E-state index is 0.733. The number of fused-ring (bicyclic) bond motifs is 1. The van der Waals surface area contributed by atoms with Crippen molar-refractivity contribution in [1.29, 1.82) is 0 Å². The highest BCUT2D eigenvalue weighted by Crippen LogP contribution is 2.17. The molecule has 5 heteroatoms. The first kappa shape index (κ1) is 16.3. The molecule has 0 amide bonds. The maximum absolute atomic E-state index is 5.63. The van der Waals surface area contributed by atoms with Crippen LogP contribution in [0.3, 0.4) is 0 Å². The van der Waals surface area contributed by atoms with Gasteiger partial charge in [0.25, 0.3) is 0 Å². The van der Waals surface area contributed by atoms with Crippen LogP contribution in [0.4, 0.5) is 5.69 Å². The molecule has 1 heterocycles. The molecule has 2 aromatic carbocycles. The fraction of sp³-hybridized carbons (Fsp3) is 0.211. The Morgan fingerprint density at radius 2 is 2.00 bits per heavy atom. The molecule has 1 N–H and O–H groups in total. The molecule has 4 nitrogen and oxygen atoms in total. The second-order valence-electron chi connectivity index (χ2n) is 5.63. The highest BCUT2D eigenvalue weighted by molar-refractivity contribution is 7.80. The van der Waals surface area contributed by atoms with Gasteiger partial charge in [-0.25, -0.2) is 9.97 Å². The zero-order valence-electron chi connectivity index (χ0n) is 13.6. The van der Waals surface area contributed by atoms with Gasteiger partial charge in [-0.3, -0.25) is 0 Å². The van der Waals surface area contributed by atoms with Crippen molar-refractivity contribution >= 4 is 33.9 Å². The van der Waals surface area contributed by atoms with E-state index in [0.29, 0.717) is 0 Å². The van der Waals surface area contributed by atoms with Crippen LogP contribution in [0.1, 0.15) is 18.9 Å². The lowest BCUT2D eigenvalue weighted by molar-refractivity contribution is 0.418. The van der Waals surface area contributed by atoms with E-state index in [4.69, 9.17) is 12.2 Å². The molecule has 0 spiro atoms. The molecule has 0 aliphatic rings. The molecule has 3 aromatic rings. The van der Waals surface area contributed by atoms with Gasteiger partial charge < -0.3 is 10.2 Å². The first-order chi connectivity index (χ1) is 11.8. The van der Waals surface area contributed by atoms with Crippen molar-refractivity contribution in [1.82, 2.24) is 14.9 Å². The SMILES string of the molecule is CCCN(Cc1ccccc1)C(=S)Nc1ccc2ncncc2c1. The van der Waals surface area contributed by atoms with Crippen molar-refractivity contribution in [2.24, 2.45) is 0 Å². The number of nitrogens with one attached hydrogen (secondary N) is 1. The zero-order chi connectivity index (χ0) is 16.8. The van der Waals surface area contributed by atoms with Gasteiger partial charge in [-0.15, -0.1) is 0 Å². The summed E-state index contributed by atoms with van der Waals surface area (Å²) in [5.41, 5.74) is 3.13. The molecule has 24 heavy (non-hydrogen) atoms. The van der Waals surface area contributed by atoms with E-state index >= 15 is 0 Å². The number of hydrogen-bond acceptors (Lipinski definition) is 3. The predicted octanol–water partition coefficient (Wildman–Crippen LogP) is 4.24. The molecule has 0 atom stereocenters. The van der Waals surface area contributed by atoms with Gasteiger partial charge in [-0.1, -0.05) is 37.3 Å². The molecule has 0 saturated heterocycles. The number of aromatic nitrogens is 2. The Bertz CT molecular complexity index is 820. The molecule has 0 bridgehead atoms. The Morgan fingerprint density at radius 1 is 1.17 bits per heavy atom. The third kappa shape index (κ3) is 4.06. The minimum Gasteiger partial charge on any atom is -0.345 e. The summed E-state index contributed by atoms with van der Waals surface area (Å²) >= 11 is 5.63. The smallest absolute Gasteiger partial charge is 0.173 e. The van der Waals surface area contributed by atoms with E-state index in [1.54, 1.807) is 6.33 Å². The summed E-state index contributed by atoms with van der Waals surface area (Å²) in [5, 5.41) is 5.07. The van der Waals surface area contributed by atoms with Gasteiger partial charge in [0, 0.05) is 30.4 Å². The molecule has 0 radical (unpaired) electrons. The molecule has 0 unspecified atom stereocenters. The van der Waals surface area contributed by atoms with Gasteiger partial charge in [0.1, 0.15) is 6.33 Å². The largest absolute Gasteiger partial charge is 0.345 e. The van der Waals surface area contributed by atoms with E-state index in [9.17, 15) is 0 Å². The van der Waals surface area contributed by atoms with E-state index in [0.717, 1.165) is 41.2 Å². The highest BCUT2D eigenvalue weighted by atomic mass is 32.1. The van der Waals surface area contributed by atoms with E-state index in [2.05, 4.69) is 51.4 Å². The summed E-state index contributed by atoms with van der Waals surface area (Å²) in [6.45, 7) is 3.88. The molecule has 3 rings (SSSR count). The maximum Gasteiger partial charge on any atom is 0.173 e. The number of rotatable bonds is 5. The van der Waals surface area contributed by atoms with Gasteiger partial charge in [-0.2, -0.15) is 0 Å². The van der Waals surface area contributed by atoms with Crippen molar-refractivity contribution < 1.29 is 0 Å². The van der Waals surface area contributed by atoms with Crippen LogP contribution in [0.2, 0.25) is 0 Å². The monoisotopic (exact) mass is 336 g/mol. The van der Waals surface area contributed by atoms with Crippen LogP contribution in [0.15, 0.2) is 61.1 Å². The lowest BCUT2D eigenvalue weighted by atomic mass is 10.2. The topological polar surface area (TPSA) is 41.0 Å². The number of nitrogens with zero attached hydrogens (tertiary/aromatic N) is 3. The van der Waals surface area contributed by atoms with Crippen LogP contribution in [-0.2, 0) is 6.54 Å². The first-order valence-corrected chi connectivity index (χ1v) is 8.46. The average Bonchev–Trinajstić information content (AvgIpc) is 2.62. The van der Waals surface area contributed by atoms with Crippen molar-refractivity contribution in [3.8, 4) is 0 Å². The third-order valence-electron chi connectivity index (χ3n) is 3.75. The van der Waals surface area contributed by atoms with E-state index < -0.39 is 0 Å². The molecular weight excluding hydrogens is 316 g/mol. The summed E-state index contributed by atoms with van der Waals surface area (Å²) in [6, 6.07) is 16.4. The molecule has 0 saturated carbocycles. The third-order valence-corrected chi connectivity index (χ3v) is 4.11. The Labute approximate surface area is 147 Å². The number of benzene rings is 2. The second-order valence-corrected chi connectivity index (χ2v) is 6.02.